The molecule has 0 atom stereocenters. The van der Waals surface area contributed by atoms with E-state index >= 15 is 0 Å². The summed E-state index contributed by atoms with van der Waals surface area (Å²) in [5.41, 5.74) is 1.49. The van der Waals surface area contributed by atoms with E-state index in [0.29, 0.717) is 11.8 Å². The van der Waals surface area contributed by atoms with Crippen LogP contribution in [0.5, 0.6) is 0 Å². The molecule has 0 aliphatic heterocycles. The van der Waals surface area contributed by atoms with Crippen LogP contribution >= 0.6 is 0 Å². The van der Waals surface area contributed by atoms with E-state index in [2.05, 4.69) is 32.5 Å². The van der Waals surface area contributed by atoms with Crippen LogP contribution in [0.3, 0.4) is 0 Å². The number of alkyl halides is 3. The minimum atomic E-state index is -4.41. The predicted molar refractivity (Wildman–Crippen MR) is 98.4 cm³/mol. The van der Waals surface area contributed by atoms with Gasteiger partial charge in [-0.25, -0.2) is 0 Å². The Hall–Kier alpha value is -3.16. The van der Waals surface area contributed by atoms with Crippen LogP contribution in [0.25, 0.3) is 0 Å². The first-order valence-corrected chi connectivity index (χ1v) is 8.36. The van der Waals surface area contributed by atoms with Crippen LogP contribution in [0.1, 0.15) is 23.9 Å². The van der Waals surface area contributed by atoms with Crippen molar-refractivity contribution in [2.75, 3.05) is 10.6 Å². The minimum Gasteiger partial charge on any atom is -0.324 e. The molecule has 0 aliphatic carbocycles. The van der Waals surface area contributed by atoms with Gasteiger partial charge in [-0.1, -0.05) is 25.1 Å². The highest BCUT2D eigenvalue weighted by Crippen LogP contribution is 2.31. The highest BCUT2D eigenvalue weighted by molar-refractivity contribution is 5.58. The molecule has 3 rings (SSSR count). The quantitative estimate of drug-likeness (QED) is 0.640. The lowest BCUT2D eigenvalue weighted by Crippen LogP contribution is -2.07. The van der Waals surface area contributed by atoms with E-state index in [1.54, 1.807) is 6.92 Å². The maximum atomic E-state index is 12.9. The number of benzene rings is 2. The highest BCUT2D eigenvalue weighted by atomic mass is 19.4. The maximum absolute atomic E-state index is 12.9. The summed E-state index contributed by atoms with van der Waals surface area (Å²) in [6.45, 7) is 3.75. The van der Waals surface area contributed by atoms with Gasteiger partial charge in [0.05, 0.1) is 5.56 Å². The maximum Gasteiger partial charge on any atom is 0.416 e. The number of nitrogens with one attached hydrogen (secondary N) is 2. The van der Waals surface area contributed by atoms with Gasteiger partial charge >= 0.3 is 6.18 Å². The fraction of sp³-hybridized carbons (Fsp3) is 0.211. The van der Waals surface area contributed by atoms with Gasteiger partial charge in [0.1, 0.15) is 5.82 Å². The number of aromatic nitrogens is 3. The van der Waals surface area contributed by atoms with Crippen LogP contribution < -0.4 is 10.6 Å². The monoisotopic (exact) mass is 373 g/mol. The first kappa shape index (κ1) is 18.6. The molecule has 8 heteroatoms. The molecule has 0 bridgehead atoms. The Morgan fingerprint density at radius 1 is 0.852 bits per heavy atom. The standard InChI is InChI=1S/C19H18F3N5/c1-3-13-6-4-8-15(10-13)25-17-23-12(2)24-18(27-17)26-16-9-5-7-14(11-16)19(20,21)22/h4-11H,3H2,1-2H3,(H2,23,24,25,26,27). The van der Waals surface area contributed by atoms with Gasteiger partial charge in [0.2, 0.25) is 11.9 Å². The number of aryl methyl sites for hydroxylation is 2. The normalized spacial score (nSPS) is 11.3. The number of rotatable bonds is 5. The van der Waals surface area contributed by atoms with Crippen LogP contribution in [-0.2, 0) is 12.6 Å². The van der Waals surface area contributed by atoms with Crippen LogP contribution in [0.4, 0.5) is 36.4 Å². The fourth-order valence-corrected chi connectivity index (χ4v) is 2.49. The molecule has 0 unspecified atom stereocenters. The smallest absolute Gasteiger partial charge is 0.324 e. The summed E-state index contributed by atoms with van der Waals surface area (Å²) in [7, 11) is 0. The summed E-state index contributed by atoms with van der Waals surface area (Å²) in [6, 6.07) is 12.7. The third-order valence-electron chi connectivity index (χ3n) is 3.78. The van der Waals surface area contributed by atoms with E-state index in [1.807, 2.05) is 24.3 Å². The molecule has 1 heterocycles. The fourth-order valence-electron chi connectivity index (χ4n) is 2.49. The molecule has 5 nitrogen and oxygen atoms in total. The molecular weight excluding hydrogens is 355 g/mol. The van der Waals surface area contributed by atoms with Crippen LogP contribution in [-0.4, -0.2) is 15.0 Å². The molecular formula is C19H18F3N5. The number of anilines is 4. The van der Waals surface area contributed by atoms with Crippen molar-refractivity contribution >= 4 is 23.3 Å². The molecule has 1 aromatic heterocycles. The summed E-state index contributed by atoms with van der Waals surface area (Å²) in [6.07, 6.45) is -3.52. The number of hydrogen-bond donors (Lipinski definition) is 2. The van der Waals surface area contributed by atoms with Gasteiger partial charge in [0.15, 0.2) is 0 Å². The zero-order valence-electron chi connectivity index (χ0n) is 14.8. The summed E-state index contributed by atoms with van der Waals surface area (Å²) in [4.78, 5) is 12.6. The SMILES string of the molecule is CCc1cccc(Nc2nc(C)nc(Nc3cccc(C(F)(F)F)c3)n2)c1. The van der Waals surface area contributed by atoms with E-state index in [1.165, 1.54) is 12.1 Å². The Kier molecular flexibility index (Phi) is 5.25. The van der Waals surface area contributed by atoms with Crippen molar-refractivity contribution in [2.45, 2.75) is 26.4 Å². The Balaban J connectivity index is 1.83. The van der Waals surface area contributed by atoms with E-state index in [4.69, 9.17) is 0 Å². The van der Waals surface area contributed by atoms with Gasteiger partial charge in [-0.15, -0.1) is 0 Å². The van der Waals surface area contributed by atoms with E-state index < -0.39 is 11.7 Å². The molecule has 0 amide bonds. The van der Waals surface area contributed by atoms with Crippen LogP contribution in [0, 0.1) is 6.92 Å². The van der Waals surface area contributed by atoms with Gasteiger partial charge in [0, 0.05) is 11.4 Å². The van der Waals surface area contributed by atoms with Crippen LogP contribution in [0.2, 0.25) is 0 Å². The second kappa shape index (κ2) is 7.61. The van der Waals surface area contributed by atoms with E-state index in [0.717, 1.165) is 29.8 Å². The first-order valence-electron chi connectivity index (χ1n) is 8.36. The Bertz CT molecular complexity index is 941. The second-order valence-corrected chi connectivity index (χ2v) is 5.91. The molecule has 27 heavy (non-hydrogen) atoms. The van der Waals surface area contributed by atoms with E-state index in [9.17, 15) is 13.2 Å². The third kappa shape index (κ3) is 4.93. The van der Waals surface area contributed by atoms with Crippen molar-refractivity contribution in [1.29, 1.82) is 0 Å². The zero-order valence-corrected chi connectivity index (χ0v) is 14.8. The molecule has 2 N–H and O–H groups in total. The Labute approximate surface area is 154 Å². The van der Waals surface area contributed by atoms with Gasteiger partial charge in [0.25, 0.3) is 0 Å². The average Bonchev–Trinajstić information content (AvgIpc) is 2.61. The molecule has 0 aliphatic rings. The van der Waals surface area contributed by atoms with Crippen molar-refractivity contribution < 1.29 is 13.2 Å². The van der Waals surface area contributed by atoms with Gasteiger partial charge in [-0.2, -0.15) is 28.1 Å². The van der Waals surface area contributed by atoms with Crippen molar-refractivity contribution in [3.63, 3.8) is 0 Å². The van der Waals surface area contributed by atoms with Crippen molar-refractivity contribution in [2.24, 2.45) is 0 Å². The second-order valence-electron chi connectivity index (χ2n) is 5.91. The molecule has 3 aromatic rings. The lowest BCUT2D eigenvalue weighted by Gasteiger charge is -2.11. The number of halogens is 3. The summed E-state index contributed by atoms with van der Waals surface area (Å²) < 4.78 is 38.6. The van der Waals surface area contributed by atoms with Gasteiger partial charge < -0.3 is 10.6 Å². The molecule has 0 fully saturated rings. The summed E-state index contributed by atoms with van der Waals surface area (Å²) in [5, 5.41) is 5.90. The predicted octanol–water partition coefficient (Wildman–Crippen LogP) is 5.25. The van der Waals surface area contributed by atoms with Crippen LogP contribution in [0.15, 0.2) is 48.5 Å². The molecule has 0 saturated heterocycles. The zero-order chi connectivity index (χ0) is 19.4. The molecule has 0 radical (unpaired) electrons. The number of nitrogens with zero attached hydrogens (tertiary/aromatic N) is 3. The van der Waals surface area contributed by atoms with Crippen molar-refractivity contribution in [3.05, 3.63) is 65.5 Å². The largest absolute Gasteiger partial charge is 0.416 e. The van der Waals surface area contributed by atoms with Crippen molar-refractivity contribution in [3.8, 4) is 0 Å². The summed E-state index contributed by atoms with van der Waals surface area (Å²) >= 11 is 0. The molecule has 0 spiro atoms. The average molecular weight is 373 g/mol. The van der Waals surface area contributed by atoms with Gasteiger partial charge in [-0.3, -0.25) is 0 Å². The van der Waals surface area contributed by atoms with Gasteiger partial charge in [-0.05, 0) is 49.2 Å². The van der Waals surface area contributed by atoms with Crippen molar-refractivity contribution in [1.82, 2.24) is 15.0 Å². The lowest BCUT2D eigenvalue weighted by molar-refractivity contribution is -0.137. The molecule has 140 valence electrons. The first-order chi connectivity index (χ1) is 12.8. The van der Waals surface area contributed by atoms with E-state index in [-0.39, 0.29) is 11.6 Å². The molecule has 0 saturated carbocycles. The third-order valence-corrected chi connectivity index (χ3v) is 3.78. The molecule has 2 aromatic carbocycles. The lowest BCUT2D eigenvalue weighted by atomic mass is 10.1. The summed E-state index contributed by atoms with van der Waals surface area (Å²) in [5.74, 6) is 0.912. The Morgan fingerprint density at radius 2 is 1.44 bits per heavy atom. The highest BCUT2D eigenvalue weighted by Gasteiger charge is 2.30. The minimum absolute atomic E-state index is 0.163. The topological polar surface area (TPSA) is 62.7 Å². The number of hydrogen-bond acceptors (Lipinski definition) is 5. The Morgan fingerprint density at radius 3 is 2.04 bits per heavy atom.